The van der Waals surface area contributed by atoms with Gasteiger partial charge in [0.25, 0.3) is 0 Å². The van der Waals surface area contributed by atoms with Gasteiger partial charge in [-0.25, -0.2) is 0 Å². The molecule has 0 spiro atoms. The number of carbonyl (C=O) groups is 1. The second-order valence-electron chi connectivity index (χ2n) is 7.65. The molecule has 180 valence electrons. The zero-order chi connectivity index (χ0) is 24.0. The van der Waals surface area contributed by atoms with Crippen LogP contribution in [-0.2, 0) is 4.79 Å². The molecule has 0 aromatic carbocycles. The van der Waals surface area contributed by atoms with Crippen molar-refractivity contribution >= 4 is 6.29 Å². The summed E-state index contributed by atoms with van der Waals surface area (Å²) in [4.78, 5) is 41.4. The number of aliphatic hydroxyl groups excluding tert-OH is 3. The SMILES string of the molecule is CCC(C(O)CC(O)C(CC(C(O)CCCCCCCC=O)[N+](=O)[O-])[N+](=O)[O-])[N+](=O)[O-]. The number of nitro groups is 3. The first-order valence-corrected chi connectivity index (χ1v) is 10.4. The summed E-state index contributed by atoms with van der Waals surface area (Å²) in [6.45, 7) is 1.44. The third kappa shape index (κ3) is 11.1. The Kier molecular flexibility index (Phi) is 14.4. The number of hydrogen-bond acceptors (Lipinski definition) is 10. The molecule has 0 aliphatic heterocycles. The van der Waals surface area contributed by atoms with Crippen molar-refractivity contribution in [1.29, 1.82) is 0 Å². The van der Waals surface area contributed by atoms with Crippen LogP contribution in [0.5, 0.6) is 0 Å². The molecule has 13 nitrogen and oxygen atoms in total. The van der Waals surface area contributed by atoms with Crippen LogP contribution < -0.4 is 0 Å². The van der Waals surface area contributed by atoms with E-state index in [1.54, 1.807) is 0 Å². The van der Waals surface area contributed by atoms with Gasteiger partial charge in [-0.15, -0.1) is 0 Å². The van der Waals surface area contributed by atoms with Gasteiger partial charge in [0.2, 0.25) is 18.1 Å². The van der Waals surface area contributed by atoms with Gasteiger partial charge in [-0.2, -0.15) is 0 Å². The van der Waals surface area contributed by atoms with Gasteiger partial charge in [0.05, 0.1) is 6.42 Å². The van der Waals surface area contributed by atoms with Crippen molar-refractivity contribution in [3.63, 3.8) is 0 Å². The van der Waals surface area contributed by atoms with E-state index in [0.29, 0.717) is 19.3 Å². The van der Waals surface area contributed by atoms with Crippen LogP contribution in [0.4, 0.5) is 0 Å². The summed E-state index contributed by atoms with van der Waals surface area (Å²) in [6.07, 6.45) is -1.70. The predicted octanol–water partition coefficient (Wildman–Crippen LogP) is 1.12. The highest BCUT2D eigenvalue weighted by molar-refractivity contribution is 5.48. The largest absolute Gasteiger partial charge is 0.386 e. The lowest BCUT2D eigenvalue weighted by Crippen LogP contribution is -2.46. The van der Waals surface area contributed by atoms with E-state index in [9.17, 15) is 50.5 Å². The fourth-order valence-corrected chi connectivity index (χ4v) is 3.44. The van der Waals surface area contributed by atoms with E-state index in [2.05, 4.69) is 0 Å². The van der Waals surface area contributed by atoms with Gasteiger partial charge in [-0.1, -0.05) is 32.6 Å². The molecule has 0 aromatic heterocycles. The van der Waals surface area contributed by atoms with Gasteiger partial charge in [0.1, 0.15) is 24.6 Å². The molecule has 0 saturated heterocycles. The van der Waals surface area contributed by atoms with E-state index in [0.717, 1.165) is 25.5 Å². The average molecular weight is 451 g/mol. The summed E-state index contributed by atoms with van der Waals surface area (Å²) in [5.74, 6) is 0. The Morgan fingerprint density at radius 2 is 1.16 bits per heavy atom. The van der Waals surface area contributed by atoms with Gasteiger partial charge in [0.15, 0.2) is 0 Å². The van der Waals surface area contributed by atoms with E-state index in [1.165, 1.54) is 6.92 Å². The first-order valence-electron chi connectivity index (χ1n) is 10.4. The van der Waals surface area contributed by atoms with Gasteiger partial charge >= 0.3 is 0 Å². The third-order valence-electron chi connectivity index (χ3n) is 5.35. The van der Waals surface area contributed by atoms with Crippen LogP contribution in [-0.4, -0.2) is 72.8 Å². The highest BCUT2D eigenvalue weighted by Crippen LogP contribution is 2.20. The molecule has 0 saturated carbocycles. The molecular weight excluding hydrogens is 418 g/mol. The van der Waals surface area contributed by atoms with Gasteiger partial charge in [0, 0.05) is 34.0 Å². The zero-order valence-electron chi connectivity index (χ0n) is 17.7. The summed E-state index contributed by atoms with van der Waals surface area (Å²) in [7, 11) is 0. The molecule has 0 radical (unpaired) electrons. The summed E-state index contributed by atoms with van der Waals surface area (Å²) in [6, 6.07) is -4.99. The number of aliphatic hydroxyl groups is 3. The minimum atomic E-state index is -1.87. The quantitative estimate of drug-likeness (QED) is 0.110. The molecule has 6 atom stereocenters. The molecule has 0 aliphatic rings. The lowest BCUT2D eigenvalue weighted by molar-refractivity contribution is -0.574. The Balaban J connectivity index is 4.90. The van der Waals surface area contributed by atoms with E-state index in [4.69, 9.17) is 0 Å². The van der Waals surface area contributed by atoms with E-state index >= 15 is 0 Å². The Bertz CT molecular complexity index is 577. The molecule has 3 N–H and O–H groups in total. The highest BCUT2D eigenvalue weighted by Gasteiger charge is 2.43. The second kappa shape index (κ2) is 15.5. The second-order valence-corrected chi connectivity index (χ2v) is 7.65. The van der Waals surface area contributed by atoms with Crippen LogP contribution in [0.15, 0.2) is 0 Å². The van der Waals surface area contributed by atoms with Gasteiger partial charge in [-0.05, 0) is 12.8 Å². The van der Waals surface area contributed by atoms with Crippen molar-refractivity contribution in [2.75, 3.05) is 0 Å². The minimum absolute atomic E-state index is 0.0434. The molecule has 0 fully saturated rings. The monoisotopic (exact) mass is 451 g/mol. The van der Waals surface area contributed by atoms with E-state index in [-0.39, 0.29) is 12.8 Å². The fraction of sp³-hybridized carbons (Fsp3) is 0.944. The van der Waals surface area contributed by atoms with Crippen molar-refractivity contribution in [1.82, 2.24) is 0 Å². The van der Waals surface area contributed by atoms with Crippen LogP contribution in [0.3, 0.4) is 0 Å². The molecule has 0 amide bonds. The lowest BCUT2D eigenvalue weighted by Gasteiger charge is -2.23. The Hall–Kier alpha value is -2.25. The number of unbranched alkanes of at least 4 members (excludes halogenated alkanes) is 5. The van der Waals surface area contributed by atoms with Crippen LogP contribution >= 0.6 is 0 Å². The number of nitrogens with zero attached hydrogens (tertiary/aromatic N) is 3. The molecule has 0 rings (SSSR count). The van der Waals surface area contributed by atoms with Crippen LogP contribution in [0, 0.1) is 30.3 Å². The van der Waals surface area contributed by atoms with E-state index < -0.39 is 64.0 Å². The summed E-state index contributed by atoms with van der Waals surface area (Å²) in [5, 5.41) is 63.9. The molecule has 31 heavy (non-hydrogen) atoms. The van der Waals surface area contributed by atoms with Crippen molar-refractivity contribution in [2.24, 2.45) is 0 Å². The maximum Gasteiger partial charge on any atom is 0.245 e. The number of aldehydes is 1. The molecule has 0 aliphatic carbocycles. The predicted molar refractivity (Wildman–Crippen MR) is 108 cm³/mol. The maximum atomic E-state index is 11.4. The molecule has 0 bridgehead atoms. The molecular formula is C18H33N3O10. The molecule has 0 aromatic rings. The zero-order valence-corrected chi connectivity index (χ0v) is 17.7. The maximum absolute atomic E-state index is 11.4. The van der Waals surface area contributed by atoms with Crippen LogP contribution in [0.2, 0.25) is 0 Å². The standard InChI is InChI=1S/C18H33N3O10/c1-2-13(19(26)27)17(24)12-18(25)15(21(30)31)11-14(20(28)29)16(23)9-7-5-3-4-6-8-10-22/h10,13-18,23-25H,2-9,11-12H2,1H3. The summed E-state index contributed by atoms with van der Waals surface area (Å²) in [5.41, 5.74) is 0. The Morgan fingerprint density at radius 3 is 1.65 bits per heavy atom. The molecule has 0 heterocycles. The number of carbonyl (C=O) groups excluding carboxylic acids is 1. The van der Waals surface area contributed by atoms with Crippen molar-refractivity contribution < 1.29 is 34.9 Å². The number of rotatable bonds is 19. The molecule has 13 heteroatoms. The Morgan fingerprint density at radius 1 is 0.710 bits per heavy atom. The van der Waals surface area contributed by atoms with Crippen LogP contribution in [0.1, 0.15) is 71.1 Å². The van der Waals surface area contributed by atoms with Gasteiger partial charge in [-0.3, -0.25) is 30.3 Å². The minimum Gasteiger partial charge on any atom is -0.386 e. The van der Waals surface area contributed by atoms with Crippen molar-refractivity contribution in [3.8, 4) is 0 Å². The highest BCUT2D eigenvalue weighted by atomic mass is 16.6. The summed E-state index contributed by atoms with van der Waals surface area (Å²) >= 11 is 0. The smallest absolute Gasteiger partial charge is 0.245 e. The van der Waals surface area contributed by atoms with E-state index in [1.807, 2.05) is 0 Å². The first kappa shape index (κ1) is 28.8. The number of hydrogen-bond donors (Lipinski definition) is 3. The summed E-state index contributed by atoms with van der Waals surface area (Å²) < 4.78 is 0. The fourth-order valence-electron chi connectivity index (χ4n) is 3.44. The third-order valence-corrected chi connectivity index (χ3v) is 5.35. The van der Waals surface area contributed by atoms with Crippen molar-refractivity contribution in [3.05, 3.63) is 30.3 Å². The lowest BCUT2D eigenvalue weighted by atomic mass is 9.92. The topological polar surface area (TPSA) is 207 Å². The first-order chi connectivity index (χ1) is 14.6. The van der Waals surface area contributed by atoms with Gasteiger partial charge < -0.3 is 20.1 Å². The van der Waals surface area contributed by atoms with Crippen LogP contribution in [0.25, 0.3) is 0 Å². The van der Waals surface area contributed by atoms with Crippen molar-refractivity contribution in [2.45, 2.75) is 108 Å². The molecule has 6 unspecified atom stereocenters. The Labute approximate surface area is 179 Å². The average Bonchev–Trinajstić information content (AvgIpc) is 2.67. The normalized spacial score (nSPS) is 17.2.